The van der Waals surface area contributed by atoms with Crippen LogP contribution in [0.1, 0.15) is 49.1 Å². The molecule has 0 aromatic carbocycles. The minimum Gasteiger partial charge on any atom is -0.367 e. The number of rotatable bonds is 5. The Morgan fingerprint density at radius 3 is 2.58 bits per heavy atom. The predicted octanol–water partition coefficient (Wildman–Crippen LogP) is 4.27. The number of hydrogen-bond donors (Lipinski definition) is 2. The van der Waals surface area contributed by atoms with E-state index in [9.17, 15) is 0 Å². The summed E-state index contributed by atoms with van der Waals surface area (Å²) in [7, 11) is 0. The lowest BCUT2D eigenvalue weighted by Gasteiger charge is -2.24. The first-order valence-corrected chi connectivity index (χ1v) is 8.48. The highest BCUT2D eigenvalue weighted by molar-refractivity contribution is 5.85. The van der Waals surface area contributed by atoms with E-state index in [2.05, 4.69) is 32.5 Å². The van der Waals surface area contributed by atoms with Gasteiger partial charge in [-0.15, -0.1) is 12.4 Å². The molecule has 130 valence electrons. The fraction of sp³-hybridized carbons (Fsp3) is 0.500. The number of halogens is 1. The molecular formula is C18H26ClN5. The Balaban J connectivity index is 0.00000208. The van der Waals surface area contributed by atoms with E-state index in [1.54, 1.807) is 6.20 Å². The van der Waals surface area contributed by atoms with E-state index < -0.39 is 0 Å². The van der Waals surface area contributed by atoms with Crippen LogP contribution in [0.15, 0.2) is 24.4 Å². The van der Waals surface area contributed by atoms with Gasteiger partial charge in [0.15, 0.2) is 0 Å². The first kappa shape index (κ1) is 18.5. The Kier molecular flexibility index (Phi) is 6.79. The zero-order chi connectivity index (χ0) is 16.1. The van der Waals surface area contributed by atoms with Crippen LogP contribution >= 0.6 is 12.4 Å². The molecule has 2 aromatic heterocycles. The van der Waals surface area contributed by atoms with Gasteiger partial charge in [-0.3, -0.25) is 4.98 Å². The summed E-state index contributed by atoms with van der Waals surface area (Å²) in [5, 5.41) is 6.90. The summed E-state index contributed by atoms with van der Waals surface area (Å²) in [6.45, 7) is 4.75. The van der Waals surface area contributed by atoms with Gasteiger partial charge in [-0.1, -0.05) is 25.3 Å². The largest absolute Gasteiger partial charge is 0.367 e. The Morgan fingerprint density at radius 1 is 1.08 bits per heavy atom. The van der Waals surface area contributed by atoms with Gasteiger partial charge in [-0.2, -0.15) is 4.98 Å². The molecule has 0 bridgehead atoms. The number of hydrogen-bond acceptors (Lipinski definition) is 5. The first-order chi connectivity index (χ1) is 11.2. The van der Waals surface area contributed by atoms with E-state index in [-0.39, 0.29) is 12.4 Å². The van der Waals surface area contributed by atoms with Crippen molar-refractivity contribution in [2.24, 2.45) is 0 Å². The van der Waals surface area contributed by atoms with Gasteiger partial charge in [0.2, 0.25) is 5.95 Å². The minimum absolute atomic E-state index is 0. The summed E-state index contributed by atoms with van der Waals surface area (Å²) in [5.74, 6) is 1.63. The van der Waals surface area contributed by atoms with E-state index in [0.717, 1.165) is 22.8 Å². The van der Waals surface area contributed by atoms with E-state index in [0.29, 0.717) is 18.5 Å². The molecule has 0 radical (unpaired) electrons. The molecule has 1 aliphatic rings. The van der Waals surface area contributed by atoms with Crippen LogP contribution < -0.4 is 10.6 Å². The minimum atomic E-state index is 0. The van der Waals surface area contributed by atoms with Crippen molar-refractivity contribution < 1.29 is 0 Å². The Hall–Kier alpha value is -1.88. The lowest BCUT2D eigenvalue weighted by Crippen LogP contribution is -2.24. The number of aromatic nitrogens is 3. The molecule has 0 amide bonds. The Labute approximate surface area is 150 Å². The highest BCUT2D eigenvalue weighted by Gasteiger charge is 2.16. The van der Waals surface area contributed by atoms with Crippen LogP contribution in [-0.2, 0) is 6.54 Å². The lowest BCUT2D eigenvalue weighted by atomic mass is 9.95. The molecule has 3 rings (SSSR count). The van der Waals surface area contributed by atoms with Gasteiger partial charge in [0.25, 0.3) is 0 Å². The number of nitrogens with one attached hydrogen (secondary N) is 2. The van der Waals surface area contributed by atoms with Crippen molar-refractivity contribution >= 4 is 24.2 Å². The van der Waals surface area contributed by atoms with E-state index in [1.807, 2.05) is 25.1 Å². The molecule has 2 N–H and O–H groups in total. The van der Waals surface area contributed by atoms with E-state index in [1.165, 1.54) is 32.1 Å². The van der Waals surface area contributed by atoms with Gasteiger partial charge < -0.3 is 10.6 Å². The standard InChI is InChI=1S/C18H25N5.ClH/c1-13-14(2)21-18(20-12-16-10-6-7-11-19-16)23-17(13)22-15-8-4-3-5-9-15;/h6-7,10-11,15H,3-5,8-9,12H2,1-2H3,(H2,20,21,22,23);1H. The highest BCUT2D eigenvalue weighted by Crippen LogP contribution is 2.24. The van der Waals surface area contributed by atoms with Crippen LogP contribution in [0, 0.1) is 13.8 Å². The molecule has 5 nitrogen and oxygen atoms in total. The molecule has 1 saturated carbocycles. The van der Waals surface area contributed by atoms with Crippen molar-refractivity contribution in [3.05, 3.63) is 41.3 Å². The van der Waals surface area contributed by atoms with Crippen LogP contribution in [0.25, 0.3) is 0 Å². The predicted molar refractivity (Wildman–Crippen MR) is 101 cm³/mol. The Bertz CT molecular complexity index is 641. The molecule has 1 fully saturated rings. The van der Waals surface area contributed by atoms with Crippen molar-refractivity contribution in [2.45, 2.75) is 58.5 Å². The maximum absolute atomic E-state index is 4.68. The first-order valence-electron chi connectivity index (χ1n) is 8.48. The summed E-state index contributed by atoms with van der Waals surface area (Å²) < 4.78 is 0. The van der Waals surface area contributed by atoms with Gasteiger partial charge >= 0.3 is 0 Å². The van der Waals surface area contributed by atoms with Gasteiger partial charge in [-0.25, -0.2) is 4.98 Å². The molecule has 1 aliphatic carbocycles. The average molecular weight is 348 g/mol. The van der Waals surface area contributed by atoms with E-state index >= 15 is 0 Å². The Morgan fingerprint density at radius 2 is 1.88 bits per heavy atom. The maximum atomic E-state index is 4.68. The molecule has 0 saturated heterocycles. The smallest absolute Gasteiger partial charge is 0.225 e. The van der Waals surface area contributed by atoms with Crippen LogP contribution in [-0.4, -0.2) is 21.0 Å². The summed E-state index contributed by atoms with van der Waals surface area (Å²) in [6.07, 6.45) is 8.25. The molecular weight excluding hydrogens is 322 g/mol. The maximum Gasteiger partial charge on any atom is 0.225 e. The zero-order valence-electron chi connectivity index (χ0n) is 14.4. The van der Waals surface area contributed by atoms with Gasteiger partial charge in [0.1, 0.15) is 5.82 Å². The highest BCUT2D eigenvalue weighted by atomic mass is 35.5. The topological polar surface area (TPSA) is 62.7 Å². The molecule has 6 heteroatoms. The third-order valence-electron chi connectivity index (χ3n) is 4.49. The normalized spacial score (nSPS) is 14.8. The van der Waals surface area contributed by atoms with Gasteiger partial charge in [0, 0.05) is 23.5 Å². The van der Waals surface area contributed by atoms with Crippen LogP contribution in [0.5, 0.6) is 0 Å². The fourth-order valence-electron chi connectivity index (χ4n) is 2.96. The molecule has 0 spiro atoms. The zero-order valence-corrected chi connectivity index (χ0v) is 15.2. The second kappa shape index (κ2) is 8.83. The molecule has 0 unspecified atom stereocenters. The molecule has 2 heterocycles. The fourth-order valence-corrected chi connectivity index (χ4v) is 2.96. The quantitative estimate of drug-likeness (QED) is 0.845. The average Bonchev–Trinajstić information content (AvgIpc) is 2.59. The number of pyridine rings is 1. The lowest BCUT2D eigenvalue weighted by molar-refractivity contribution is 0.461. The second-order valence-corrected chi connectivity index (χ2v) is 6.26. The van der Waals surface area contributed by atoms with Gasteiger partial charge in [-0.05, 0) is 38.8 Å². The van der Waals surface area contributed by atoms with Crippen molar-refractivity contribution in [3.8, 4) is 0 Å². The summed E-state index contributed by atoms with van der Waals surface area (Å²) in [6, 6.07) is 6.44. The second-order valence-electron chi connectivity index (χ2n) is 6.26. The van der Waals surface area contributed by atoms with Crippen molar-refractivity contribution in [2.75, 3.05) is 10.6 Å². The van der Waals surface area contributed by atoms with Crippen molar-refractivity contribution in [1.29, 1.82) is 0 Å². The molecule has 2 aromatic rings. The third-order valence-corrected chi connectivity index (χ3v) is 4.49. The van der Waals surface area contributed by atoms with Crippen molar-refractivity contribution in [3.63, 3.8) is 0 Å². The summed E-state index contributed by atoms with van der Waals surface area (Å²) in [4.78, 5) is 13.5. The van der Waals surface area contributed by atoms with Crippen LogP contribution in [0.2, 0.25) is 0 Å². The SMILES string of the molecule is Cc1nc(NCc2ccccn2)nc(NC2CCCCC2)c1C.Cl. The van der Waals surface area contributed by atoms with Crippen molar-refractivity contribution in [1.82, 2.24) is 15.0 Å². The number of anilines is 2. The summed E-state index contributed by atoms with van der Waals surface area (Å²) >= 11 is 0. The number of aryl methyl sites for hydroxylation is 1. The van der Waals surface area contributed by atoms with Gasteiger partial charge in [0.05, 0.1) is 12.2 Å². The molecule has 0 atom stereocenters. The van der Waals surface area contributed by atoms with E-state index in [4.69, 9.17) is 0 Å². The number of nitrogens with zero attached hydrogens (tertiary/aromatic N) is 3. The molecule has 24 heavy (non-hydrogen) atoms. The molecule has 0 aliphatic heterocycles. The third kappa shape index (κ3) is 4.81. The monoisotopic (exact) mass is 347 g/mol. The van der Waals surface area contributed by atoms with Crippen LogP contribution in [0.3, 0.4) is 0 Å². The summed E-state index contributed by atoms with van der Waals surface area (Å²) in [5.41, 5.74) is 3.14. The van der Waals surface area contributed by atoms with Crippen LogP contribution in [0.4, 0.5) is 11.8 Å².